The number of ether oxygens (including phenoxy) is 2. The highest BCUT2D eigenvalue weighted by Crippen LogP contribution is 2.46. The molecular formula is C24H22O2. The van der Waals surface area contributed by atoms with Gasteiger partial charge in [0, 0.05) is 16.5 Å². The van der Waals surface area contributed by atoms with Gasteiger partial charge in [0.15, 0.2) is 0 Å². The molecule has 0 radical (unpaired) electrons. The van der Waals surface area contributed by atoms with E-state index in [-0.39, 0.29) is 5.41 Å². The summed E-state index contributed by atoms with van der Waals surface area (Å²) in [6.07, 6.45) is 5.31. The molecule has 0 spiro atoms. The van der Waals surface area contributed by atoms with E-state index in [0.29, 0.717) is 0 Å². The summed E-state index contributed by atoms with van der Waals surface area (Å²) in [5.41, 5.74) is 4.61. The molecule has 3 aromatic carbocycles. The molecular weight excluding hydrogens is 320 g/mol. The average Bonchev–Trinajstić information content (AvgIpc) is 2.73. The van der Waals surface area contributed by atoms with E-state index in [4.69, 9.17) is 9.47 Å². The van der Waals surface area contributed by atoms with Crippen LogP contribution in [0.15, 0.2) is 78.9 Å². The molecule has 26 heavy (non-hydrogen) atoms. The smallest absolute Gasteiger partial charge is 0.126 e. The van der Waals surface area contributed by atoms with Gasteiger partial charge in [-0.2, -0.15) is 0 Å². The minimum absolute atomic E-state index is 0.227. The van der Waals surface area contributed by atoms with Crippen LogP contribution in [0.3, 0.4) is 0 Å². The fourth-order valence-corrected chi connectivity index (χ4v) is 3.96. The monoisotopic (exact) mass is 342 g/mol. The number of hydrogen-bond acceptors (Lipinski definition) is 2. The molecule has 0 amide bonds. The molecule has 1 aliphatic rings. The summed E-state index contributed by atoms with van der Waals surface area (Å²) in [5, 5.41) is 0. The first-order valence-electron chi connectivity index (χ1n) is 8.82. The maximum absolute atomic E-state index is 5.69. The number of fused-ring (bicyclic) bond motifs is 1. The molecule has 0 aromatic heterocycles. The van der Waals surface area contributed by atoms with Crippen molar-refractivity contribution in [1.82, 2.24) is 0 Å². The van der Waals surface area contributed by atoms with Gasteiger partial charge in [0.1, 0.15) is 11.5 Å². The molecule has 0 atom stereocenters. The lowest BCUT2D eigenvalue weighted by Gasteiger charge is -2.36. The van der Waals surface area contributed by atoms with Gasteiger partial charge in [-0.15, -0.1) is 0 Å². The Balaban J connectivity index is 1.96. The van der Waals surface area contributed by atoms with Gasteiger partial charge in [0.05, 0.1) is 14.2 Å². The van der Waals surface area contributed by atoms with Gasteiger partial charge in [-0.1, -0.05) is 72.8 Å². The fourth-order valence-electron chi connectivity index (χ4n) is 3.96. The van der Waals surface area contributed by atoms with Crippen molar-refractivity contribution >= 4 is 6.08 Å². The van der Waals surface area contributed by atoms with Crippen molar-refractivity contribution in [3.05, 3.63) is 101 Å². The van der Waals surface area contributed by atoms with Gasteiger partial charge < -0.3 is 9.47 Å². The molecule has 0 fully saturated rings. The Hall–Kier alpha value is -3.00. The predicted octanol–water partition coefficient (Wildman–Crippen LogP) is 5.26. The molecule has 0 bridgehead atoms. The quantitative estimate of drug-likeness (QED) is 0.644. The lowest BCUT2D eigenvalue weighted by molar-refractivity contribution is 0.394. The van der Waals surface area contributed by atoms with Crippen molar-refractivity contribution in [3.63, 3.8) is 0 Å². The lowest BCUT2D eigenvalue weighted by Crippen LogP contribution is -2.30. The van der Waals surface area contributed by atoms with Crippen LogP contribution >= 0.6 is 0 Å². The summed E-state index contributed by atoms with van der Waals surface area (Å²) in [6, 6.07) is 25.3. The Kier molecular flexibility index (Phi) is 4.26. The summed E-state index contributed by atoms with van der Waals surface area (Å²) >= 11 is 0. The molecule has 1 aliphatic carbocycles. The van der Waals surface area contributed by atoms with Crippen molar-refractivity contribution in [2.45, 2.75) is 11.8 Å². The highest BCUT2D eigenvalue weighted by Gasteiger charge is 2.36. The topological polar surface area (TPSA) is 18.5 Å². The predicted molar refractivity (Wildman–Crippen MR) is 106 cm³/mol. The zero-order valence-electron chi connectivity index (χ0n) is 15.1. The number of benzene rings is 3. The zero-order chi connectivity index (χ0) is 18.0. The Labute approximate surface area is 154 Å². The van der Waals surface area contributed by atoms with Gasteiger partial charge in [-0.25, -0.2) is 0 Å². The molecule has 0 unspecified atom stereocenters. The maximum atomic E-state index is 5.69. The van der Waals surface area contributed by atoms with Gasteiger partial charge in [-0.05, 0) is 29.7 Å². The molecule has 0 saturated heterocycles. The molecule has 0 heterocycles. The fraction of sp³-hybridized carbons (Fsp3) is 0.167. The maximum Gasteiger partial charge on any atom is 0.126 e. The molecule has 4 rings (SSSR count). The van der Waals surface area contributed by atoms with Crippen molar-refractivity contribution in [3.8, 4) is 11.5 Å². The van der Waals surface area contributed by atoms with E-state index in [1.807, 2.05) is 12.1 Å². The van der Waals surface area contributed by atoms with Crippen molar-refractivity contribution in [2.24, 2.45) is 0 Å². The average molecular weight is 342 g/mol. The van der Waals surface area contributed by atoms with Crippen LogP contribution in [-0.4, -0.2) is 14.2 Å². The van der Waals surface area contributed by atoms with Gasteiger partial charge >= 0.3 is 0 Å². The number of allylic oxidation sites excluding steroid dienone is 1. The molecule has 0 saturated carbocycles. The summed E-state index contributed by atoms with van der Waals surface area (Å²) in [6.45, 7) is 0. The largest absolute Gasteiger partial charge is 0.496 e. The highest BCUT2D eigenvalue weighted by atomic mass is 16.5. The van der Waals surface area contributed by atoms with Crippen LogP contribution in [-0.2, 0) is 11.8 Å². The minimum atomic E-state index is -0.227. The van der Waals surface area contributed by atoms with E-state index in [2.05, 4.69) is 72.8 Å². The molecule has 130 valence electrons. The molecule has 2 nitrogen and oxygen atoms in total. The molecule has 2 heteroatoms. The first-order chi connectivity index (χ1) is 12.8. The highest BCUT2D eigenvalue weighted by molar-refractivity contribution is 5.71. The van der Waals surface area contributed by atoms with Gasteiger partial charge in [0.2, 0.25) is 0 Å². The normalized spacial score (nSPS) is 14.5. The third-order valence-electron chi connectivity index (χ3n) is 5.28. The third-order valence-corrected chi connectivity index (χ3v) is 5.28. The number of rotatable bonds is 4. The second-order valence-electron chi connectivity index (χ2n) is 6.58. The third kappa shape index (κ3) is 2.59. The molecule has 0 aliphatic heterocycles. The first-order valence-corrected chi connectivity index (χ1v) is 8.82. The number of hydrogen-bond donors (Lipinski definition) is 0. The Bertz CT molecular complexity index is 888. The van der Waals surface area contributed by atoms with E-state index in [9.17, 15) is 0 Å². The van der Waals surface area contributed by atoms with E-state index in [1.54, 1.807) is 14.2 Å². The van der Waals surface area contributed by atoms with E-state index in [0.717, 1.165) is 23.5 Å². The molecule has 3 aromatic rings. The van der Waals surface area contributed by atoms with Crippen molar-refractivity contribution in [1.29, 1.82) is 0 Å². The van der Waals surface area contributed by atoms with Crippen LogP contribution in [0.5, 0.6) is 11.5 Å². The summed E-state index contributed by atoms with van der Waals surface area (Å²) < 4.78 is 11.3. The van der Waals surface area contributed by atoms with Crippen LogP contribution in [0.25, 0.3) is 6.08 Å². The van der Waals surface area contributed by atoms with Gasteiger partial charge in [-0.3, -0.25) is 0 Å². The van der Waals surface area contributed by atoms with E-state index >= 15 is 0 Å². The summed E-state index contributed by atoms with van der Waals surface area (Å²) in [5.74, 6) is 1.79. The van der Waals surface area contributed by atoms with E-state index in [1.165, 1.54) is 16.7 Å². The first kappa shape index (κ1) is 16.5. The van der Waals surface area contributed by atoms with E-state index < -0.39 is 0 Å². The Morgan fingerprint density at radius 2 is 1.23 bits per heavy atom. The lowest BCUT2D eigenvalue weighted by atomic mass is 9.67. The number of methoxy groups -OCH3 is 2. The van der Waals surface area contributed by atoms with Crippen LogP contribution in [0.1, 0.15) is 22.3 Å². The van der Waals surface area contributed by atoms with Crippen LogP contribution in [0, 0.1) is 0 Å². The Morgan fingerprint density at radius 3 is 1.77 bits per heavy atom. The Morgan fingerprint density at radius 1 is 0.692 bits per heavy atom. The summed E-state index contributed by atoms with van der Waals surface area (Å²) in [7, 11) is 3.44. The minimum Gasteiger partial charge on any atom is -0.496 e. The second-order valence-corrected chi connectivity index (χ2v) is 6.58. The molecule has 0 N–H and O–H groups in total. The standard InChI is InChI=1S/C24H22O2/c1-25-22-13-14-23(26-2)21-17-24(16-15-20(21)22,18-9-5-3-6-10-18)19-11-7-4-8-12-19/h3-16H,17H2,1-2H3. The van der Waals surface area contributed by atoms with Crippen molar-refractivity contribution in [2.75, 3.05) is 14.2 Å². The van der Waals surface area contributed by atoms with Crippen LogP contribution < -0.4 is 9.47 Å². The van der Waals surface area contributed by atoms with Crippen LogP contribution in [0.2, 0.25) is 0 Å². The SMILES string of the molecule is COc1ccc(OC)c2c1C=CC(c1ccccc1)(c1ccccc1)C2. The van der Waals surface area contributed by atoms with Crippen molar-refractivity contribution < 1.29 is 9.47 Å². The van der Waals surface area contributed by atoms with Gasteiger partial charge in [0.25, 0.3) is 0 Å². The summed E-state index contributed by atoms with van der Waals surface area (Å²) in [4.78, 5) is 0. The zero-order valence-corrected chi connectivity index (χ0v) is 15.1. The second kappa shape index (κ2) is 6.72. The van der Waals surface area contributed by atoms with Crippen LogP contribution in [0.4, 0.5) is 0 Å².